The topological polar surface area (TPSA) is 7.12 Å². The van der Waals surface area contributed by atoms with Crippen molar-refractivity contribution in [2.45, 2.75) is 13.5 Å². The van der Waals surface area contributed by atoms with Crippen molar-refractivity contribution in [3.05, 3.63) is 59.1 Å². The molecule has 0 saturated carbocycles. The molecule has 0 aliphatic rings. The van der Waals surface area contributed by atoms with E-state index < -0.39 is 0 Å². The first-order chi connectivity index (χ1) is 10.7. The van der Waals surface area contributed by atoms with Crippen molar-refractivity contribution in [3.63, 3.8) is 0 Å². The summed E-state index contributed by atoms with van der Waals surface area (Å²) in [6, 6.07) is 17.2. The van der Waals surface area contributed by atoms with Gasteiger partial charge in [-0.2, -0.15) is 4.57 Å². The van der Waals surface area contributed by atoms with Crippen LogP contribution < -0.4 is 33.4 Å². The van der Waals surface area contributed by atoms with Gasteiger partial charge in [-0.05, 0) is 36.8 Å². The second-order valence-corrected chi connectivity index (χ2v) is 6.53. The van der Waals surface area contributed by atoms with Gasteiger partial charge in [0, 0.05) is 31.9 Å². The summed E-state index contributed by atoms with van der Waals surface area (Å²) in [6.45, 7) is 3.19. The van der Waals surface area contributed by atoms with Crippen molar-refractivity contribution in [2.24, 2.45) is 0 Å². The Hall–Kier alpha value is -1.40. The number of anilines is 1. The van der Waals surface area contributed by atoms with Gasteiger partial charge in [0.05, 0.1) is 0 Å². The van der Waals surface area contributed by atoms with Crippen LogP contribution in [-0.2, 0) is 6.54 Å². The summed E-state index contributed by atoms with van der Waals surface area (Å²) in [5.74, 6) is 0. The maximum absolute atomic E-state index is 2.37. The van der Waals surface area contributed by atoms with E-state index in [1.165, 1.54) is 26.5 Å². The molecule has 3 rings (SSSR count). The Bertz CT molecular complexity index is 804. The lowest BCUT2D eigenvalue weighted by molar-refractivity contribution is -0.665. The van der Waals surface area contributed by atoms with Crippen LogP contribution in [0.25, 0.3) is 22.4 Å². The summed E-state index contributed by atoms with van der Waals surface area (Å²) >= 11 is 1.84. The van der Waals surface area contributed by atoms with Crippen molar-refractivity contribution >= 4 is 39.4 Å². The molecule has 0 bridgehead atoms. The molecule has 0 atom stereocenters. The zero-order chi connectivity index (χ0) is 15.5. The van der Waals surface area contributed by atoms with Gasteiger partial charge in [0.15, 0.2) is 0 Å². The first-order valence-corrected chi connectivity index (χ1v) is 8.37. The average molecular weight is 436 g/mol. The number of hydrogen-bond donors (Lipinski definition) is 0. The van der Waals surface area contributed by atoms with E-state index in [1.54, 1.807) is 0 Å². The molecule has 2 aromatic carbocycles. The Labute approximate surface area is 159 Å². The number of halogens is 1. The molecule has 0 aliphatic heterocycles. The van der Waals surface area contributed by atoms with Gasteiger partial charge in [-0.15, -0.1) is 0 Å². The summed E-state index contributed by atoms with van der Waals surface area (Å²) < 4.78 is 3.71. The molecule has 0 amide bonds. The Kier molecular flexibility index (Phi) is 6.18. The molecule has 1 heterocycles. The van der Waals surface area contributed by atoms with Crippen LogP contribution in [0.1, 0.15) is 17.5 Å². The van der Waals surface area contributed by atoms with Crippen molar-refractivity contribution in [3.8, 4) is 0 Å². The third kappa shape index (κ3) is 3.93. The summed E-state index contributed by atoms with van der Waals surface area (Å²) in [7, 11) is 4.12. The molecule has 0 spiro atoms. The number of benzene rings is 2. The molecule has 0 radical (unpaired) electrons. The van der Waals surface area contributed by atoms with Gasteiger partial charge in [-0.1, -0.05) is 35.6 Å². The summed E-state index contributed by atoms with van der Waals surface area (Å²) in [5, 5.41) is 1.29. The number of fused-ring (bicyclic) bond motifs is 1. The zero-order valence-electron chi connectivity index (χ0n) is 13.7. The van der Waals surface area contributed by atoms with E-state index in [0.717, 1.165) is 6.54 Å². The molecule has 1 aromatic heterocycles. The third-order valence-electron chi connectivity index (χ3n) is 3.78. The van der Waals surface area contributed by atoms with Crippen LogP contribution in [0.4, 0.5) is 5.69 Å². The Morgan fingerprint density at radius 3 is 2.35 bits per heavy atom. The van der Waals surface area contributed by atoms with Gasteiger partial charge >= 0.3 is 0 Å². The highest BCUT2D eigenvalue weighted by molar-refractivity contribution is 7.18. The fourth-order valence-electron chi connectivity index (χ4n) is 2.55. The maximum Gasteiger partial charge on any atom is 0.262 e. The predicted molar refractivity (Wildman–Crippen MR) is 97.4 cm³/mol. The lowest BCUT2D eigenvalue weighted by Gasteiger charge is -2.11. The van der Waals surface area contributed by atoms with Crippen molar-refractivity contribution < 1.29 is 28.5 Å². The minimum Gasteiger partial charge on any atom is -1.00 e. The quantitative estimate of drug-likeness (QED) is 0.444. The number of rotatable bonds is 4. The Balaban J connectivity index is 0.00000192. The standard InChI is InChI=1S/C19H21N2S.HI/c1-4-21-17-7-5-6-8-18(17)22-19(21)14-11-15-9-12-16(13-10-15)20(2)3;/h5-14H,4H2,1-3H3;1H/q+1;/p-1. The second kappa shape index (κ2) is 7.93. The molecule has 4 heteroatoms. The van der Waals surface area contributed by atoms with Crippen LogP contribution in [-0.4, -0.2) is 14.1 Å². The molecule has 120 valence electrons. The number of hydrogen-bond acceptors (Lipinski definition) is 2. The molecule has 0 aliphatic carbocycles. The molecule has 0 unspecified atom stereocenters. The largest absolute Gasteiger partial charge is 1.00 e. The summed E-state index contributed by atoms with van der Waals surface area (Å²) in [6.07, 6.45) is 4.41. The van der Waals surface area contributed by atoms with Crippen LogP contribution in [0.2, 0.25) is 0 Å². The smallest absolute Gasteiger partial charge is 0.262 e. The van der Waals surface area contributed by atoms with E-state index in [-0.39, 0.29) is 24.0 Å². The first-order valence-electron chi connectivity index (χ1n) is 7.56. The normalized spacial score (nSPS) is 10.9. The van der Waals surface area contributed by atoms with Gasteiger partial charge in [-0.3, -0.25) is 0 Å². The van der Waals surface area contributed by atoms with Crippen molar-refractivity contribution in [1.82, 2.24) is 0 Å². The van der Waals surface area contributed by atoms with E-state index in [9.17, 15) is 0 Å². The van der Waals surface area contributed by atoms with Crippen molar-refractivity contribution in [1.29, 1.82) is 0 Å². The van der Waals surface area contributed by atoms with E-state index in [4.69, 9.17) is 0 Å². The molecular weight excluding hydrogens is 415 g/mol. The first kappa shape index (κ1) is 17.9. The number of aromatic nitrogens is 1. The van der Waals surface area contributed by atoms with E-state index >= 15 is 0 Å². The number of aryl methyl sites for hydroxylation is 1. The monoisotopic (exact) mass is 436 g/mol. The van der Waals surface area contributed by atoms with E-state index in [0.29, 0.717) is 0 Å². The minimum absolute atomic E-state index is 0. The lowest BCUT2D eigenvalue weighted by Crippen LogP contribution is -3.00. The van der Waals surface area contributed by atoms with Crippen LogP contribution in [0.3, 0.4) is 0 Å². The van der Waals surface area contributed by atoms with Gasteiger partial charge in [0.25, 0.3) is 5.01 Å². The molecule has 0 N–H and O–H groups in total. The van der Waals surface area contributed by atoms with Crippen LogP contribution in [0.5, 0.6) is 0 Å². The summed E-state index contributed by atoms with van der Waals surface area (Å²) in [4.78, 5) is 2.12. The average Bonchev–Trinajstić information content (AvgIpc) is 2.90. The van der Waals surface area contributed by atoms with Gasteiger partial charge < -0.3 is 28.9 Å². The molecule has 0 fully saturated rings. The SMILES string of the molecule is CC[n+]1c(C=Cc2ccc(N(C)C)cc2)sc2ccccc21.[I-]. The highest BCUT2D eigenvalue weighted by Crippen LogP contribution is 2.22. The third-order valence-corrected chi connectivity index (χ3v) is 4.91. The number of thiazole rings is 1. The highest BCUT2D eigenvalue weighted by atomic mass is 127. The van der Waals surface area contributed by atoms with Gasteiger partial charge in [-0.25, -0.2) is 0 Å². The minimum atomic E-state index is 0. The fraction of sp³-hybridized carbons (Fsp3) is 0.211. The second-order valence-electron chi connectivity index (χ2n) is 5.47. The van der Waals surface area contributed by atoms with Crippen LogP contribution in [0.15, 0.2) is 48.5 Å². The highest BCUT2D eigenvalue weighted by Gasteiger charge is 2.15. The molecule has 0 saturated heterocycles. The van der Waals surface area contributed by atoms with Crippen LogP contribution >= 0.6 is 11.3 Å². The Morgan fingerprint density at radius 2 is 1.70 bits per heavy atom. The van der Waals surface area contributed by atoms with Gasteiger partial charge in [0.2, 0.25) is 5.52 Å². The summed E-state index contributed by atoms with van der Waals surface area (Å²) in [5.41, 5.74) is 3.77. The molecule has 23 heavy (non-hydrogen) atoms. The van der Waals surface area contributed by atoms with Gasteiger partial charge in [0.1, 0.15) is 11.2 Å². The fourth-order valence-corrected chi connectivity index (χ4v) is 3.68. The number of nitrogens with zero attached hydrogens (tertiary/aromatic N) is 2. The Morgan fingerprint density at radius 1 is 1.00 bits per heavy atom. The van der Waals surface area contributed by atoms with Crippen LogP contribution in [0, 0.1) is 0 Å². The predicted octanol–water partition coefficient (Wildman–Crippen LogP) is 1.45. The van der Waals surface area contributed by atoms with Crippen molar-refractivity contribution in [2.75, 3.05) is 19.0 Å². The molecule has 2 nitrogen and oxygen atoms in total. The van der Waals surface area contributed by atoms with E-state index in [2.05, 4.69) is 91.2 Å². The molecule has 3 aromatic rings. The zero-order valence-corrected chi connectivity index (χ0v) is 16.6. The molecular formula is C19H21IN2S. The van der Waals surface area contributed by atoms with E-state index in [1.807, 2.05) is 11.3 Å². The lowest BCUT2D eigenvalue weighted by atomic mass is 10.2. The number of para-hydroxylation sites is 1. The maximum atomic E-state index is 2.37.